The van der Waals surface area contributed by atoms with E-state index in [1.807, 2.05) is 30.3 Å². The molecule has 5 heteroatoms. The number of carbonyl (C=O) groups excluding carboxylic acids is 1. The molecule has 1 aliphatic carbocycles. The van der Waals surface area contributed by atoms with Crippen LogP contribution in [0.4, 0.5) is 0 Å². The largest absolute Gasteiger partial charge is 0.481 e. The zero-order valence-corrected chi connectivity index (χ0v) is 17.2. The second-order valence-corrected chi connectivity index (χ2v) is 8.41. The molecule has 0 radical (unpaired) electrons. The van der Waals surface area contributed by atoms with E-state index in [0.29, 0.717) is 6.54 Å². The molecule has 2 aromatic rings. The van der Waals surface area contributed by atoms with E-state index in [4.69, 9.17) is 16.3 Å². The number of nitrogens with one attached hydrogen (secondary N) is 1. The summed E-state index contributed by atoms with van der Waals surface area (Å²) in [6.07, 6.45) is 4.27. The van der Waals surface area contributed by atoms with E-state index in [-0.39, 0.29) is 5.91 Å². The number of benzene rings is 2. The van der Waals surface area contributed by atoms with Gasteiger partial charge in [-0.3, -0.25) is 4.79 Å². The van der Waals surface area contributed by atoms with Crippen molar-refractivity contribution in [3.8, 4) is 5.75 Å². The van der Waals surface area contributed by atoms with Gasteiger partial charge in [-0.15, -0.1) is 0 Å². The Labute approximate surface area is 170 Å². The standard InChI is InChI=1S/C22H26ClNO2S/c1-16(26-21-11-8-18-4-2-3-5-19(18)14-21)22(25)24-12-13-27-15-17-6-9-20(23)10-7-17/h6-11,14,16H,2-5,12-13,15H2,1H3,(H,24,25)/t16-/m0/s1. The lowest BCUT2D eigenvalue weighted by molar-refractivity contribution is -0.127. The minimum Gasteiger partial charge on any atom is -0.481 e. The van der Waals surface area contributed by atoms with Crippen molar-refractivity contribution in [3.63, 3.8) is 0 Å². The molecule has 0 spiro atoms. The number of halogens is 1. The predicted molar refractivity (Wildman–Crippen MR) is 114 cm³/mol. The summed E-state index contributed by atoms with van der Waals surface area (Å²) in [6.45, 7) is 2.44. The van der Waals surface area contributed by atoms with E-state index >= 15 is 0 Å². The summed E-state index contributed by atoms with van der Waals surface area (Å²) in [5, 5.41) is 3.71. The summed E-state index contributed by atoms with van der Waals surface area (Å²) in [4.78, 5) is 12.2. The van der Waals surface area contributed by atoms with Crippen LogP contribution in [0.1, 0.15) is 36.5 Å². The maximum atomic E-state index is 12.2. The Morgan fingerprint density at radius 1 is 1.15 bits per heavy atom. The number of hydrogen-bond acceptors (Lipinski definition) is 3. The summed E-state index contributed by atoms with van der Waals surface area (Å²) in [7, 11) is 0. The van der Waals surface area contributed by atoms with Gasteiger partial charge in [0.1, 0.15) is 5.75 Å². The molecule has 0 aliphatic heterocycles. The van der Waals surface area contributed by atoms with Crippen LogP contribution in [0.15, 0.2) is 42.5 Å². The van der Waals surface area contributed by atoms with Crippen LogP contribution in [0, 0.1) is 0 Å². The Morgan fingerprint density at radius 2 is 1.89 bits per heavy atom. The number of amides is 1. The molecular formula is C22H26ClNO2S. The summed E-state index contributed by atoms with van der Waals surface area (Å²) >= 11 is 7.67. The fraction of sp³-hybridized carbons (Fsp3) is 0.409. The third-order valence-corrected chi connectivity index (χ3v) is 6.01. The molecular weight excluding hydrogens is 378 g/mol. The summed E-state index contributed by atoms with van der Waals surface area (Å²) in [5.41, 5.74) is 4.02. The van der Waals surface area contributed by atoms with Crippen LogP contribution < -0.4 is 10.1 Å². The van der Waals surface area contributed by atoms with Gasteiger partial charge < -0.3 is 10.1 Å². The Balaban J connectivity index is 1.37. The van der Waals surface area contributed by atoms with Gasteiger partial charge in [-0.05, 0) is 73.6 Å². The number of aryl methyl sites for hydroxylation is 2. The quantitative estimate of drug-likeness (QED) is 0.628. The van der Waals surface area contributed by atoms with Gasteiger partial charge in [0.15, 0.2) is 6.10 Å². The van der Waals surface area contributed by atoms with Gasteiger partial charge in [0.05, 0.1) is 0 Å². The topological polar surface area (TPSA) is 38.3 Å². The summed E-state index contributed by atoms with van der Waals surface area (Å²) in [5.74, 6) is 2.49. The van der Waals surface area contributed by atoms with E-state index in [9.17, 15) is 4.79 Å². The van der Waals surface area contributed by atoms with Crippen molar-refractivity contribution in [2.24, 2.45) is 0 Å². The fourth-order valence-corrected chi connectivity index (χ4v) is 4.15. The second kappa shape index (κ2) is 10.0. The minimum absolute atomic E-state index is 0.0696. The lowest BCUT2D eigenvalue weighted by Gasteiger charge is -2.19. The normalized spacial score (nSPS) is 14.3. The Bertz CT molecular complexity index is 763. The molecule has 0 fully saturated rings. The molecule has 0 saturated carbocycles. The molecule has 27 heavy (non-hydrogen) atoms. The van der Waals surface area contributed by atoms with Crippen molar-refractivity contribution >= 4 is 29.3 Å². The van der Waals surface area contributed by atoms with Gasteiger partial charge in [0, 0.05) is 23.1 Å². The number of thioether (sulfide) groups is 1. The number of ether oxygens (including phenoxy) is 1. The highest BCUT2D eigenvalue weighted by Crippen LogP contribution is 2.25. The van der Waals surface area contributed by atoms with Crippen molar-refractivity contribution in [3.05, 3.63) is 64.2 Å². The highest BCUT2D eigenvalue weighted by molar-refractivity contribution is 7.98. The average Bonchev–Trinajstić information content (AvgIpc) is 2.69. The van der Waals surface area contributed by atoms with Crippen LogP contribution >= 0.6 is 23.4 Å². The maximum absolute atomic E-state index is 12.2. The van der Waals surface area contributed by atoms with Gasteiger partial charge in [0.2, 0.25) is 0 Å². The van der Waals surface area contributed by atoms with Crippen LogP contribution in [0.5, 0.6) is 5.75 Å². The fourth-order valence-electron chi connectivity index (χ4n) is 3.20. The molecule has 1 atom stereocenters. The van der Waals surface area contributed by atoms with Crippen LogP contribution in [-0.4, -0.2) is 24.3 Å². The van der Waals surface area contributed by atoms with Crippen molar-refractivity contribution in [1.82, 2.24) is 5.32 Å². The average molecular weight is 404 g/mol. The zero-order valence-electron chi connectivity index (χ0n) is 15.7. The van der Waals surface area contributed by atoms with Gasteiger partial charge >= 0.3 is 0 Å². The van der Waals surface area contributed by atoms with Crippen molar-refractivity contribution < 1.29 is 9.53 Å². The Kier molecular flexibility index (Phi) is 7.48. The van der Waals surface area contributed by atoms with Crippen LogP contribution in [0.25, 0.3) is 0 Å². The van der Waals surface area contributed by atoms with Gasteiger partial charge in [-0.25, -0.2) is 0 Å². The lowest BCUT2D eigenvalue weighted by atomic mass is 9.92. The highest BCUT2D eigenvalue weighted by Gasteiger charge is 2.16. The van der Waals surface area contributed by atoms with Crippen LogP contribution in [0.2, 0.25) is 5.02 Å². The molecule has 0 unspecified atom stereocenters. The van der Waals surface area contributed by atoms with Crippen molar-refractivity contribution in [2.45, 2.75) is 44.5 Å². The first-order valence-corrected chi connectivity index (χ1v) is 11.0. The molecule has 1 amide bonds. The second-order valence-electron chi connectivity index (χ2n) is 6.87. The lowest BCUT2D eigenvalue weighted by Crippen LogP contribution is -2.37. The van der Waals surface area contributed by atoms with E-state index in [2.05, 4.69) is 17.4 Å². The van der Waals surface area contributed by atoms with Gasteiger partial charge in [0.25, 0.3) is 5.91 Å². The van der Waals surface area contributed by atoms with E-state index in [1.165, 1.54) is 29.5 Å². The molecule has 0 bridgehead atoms. The molecule has 144 valence electrons. The SMILES string of the molecule is C[C@H](Oc1ccc2c(c1)CCCC2)C(=O)NCCSCc1ccc(Cl)cc1. The molecule has 2 aromatic carbocycles. The molecule has 0 aromatic heterocycles. The van der Waals surface area contributed by atoms with Crippen molar-refractivity contribution in [2.75, 3.05) is 12.3 Å². The number of hydrogen-bond donors (Lipinski definition) is 1. The Morgan fingerprint density at radius 3 is 2.67 bits per heavy atom. The molecule has 1 N–H and O–H groups in total. The van der Waals surface area contributed by atoms with Crippen LogP contribution in [-0.2, 0) is 23.4 Å². The molecule has 0 saturated heterocycles. The first-order valence-electron chi connectivity index (χ1n) is 9.50. The smallest absolute Gasteiger partial charge is 0.260 e. The van der Waals surface area contributed by atoms with Gasteiger partial charge in [-0.2, -0.15) is 11.8 Å². The van der Waals surface area contributed by atoms with Crippen molar-refractivity contribution in [1.29, 1.82) is 0 Å². The first-order chi connectivity index (χ1) is 13.1. The molecule has 0 heterocycles. The summed E-state index contributed by atoms with van der Waals surface area (Å²) in [6, 6.07) is 14.1. The van der Waals surface area contributed by atoms with E-state index in [0.717, 1.165) is 35.1 Å². The molecule has 3 rings (SSSR count). The predicted octanol–water partition coefficient (Wildman–Crippen LogP) is 5.04. The summed E-state index contributed by atoms with van der Waals surface area (Å²) < 4.78 is 5.85. The van der Waals surface area contributed by atoms with E-state index < -0.39 is 6.10 Å². The molecule has 1 aliphatic rings. The van der Waals surface area contributed by atoms with E-state index in [1.54, 1.807) is 18.7 Å². The maximum Gasteiger partial charge on any atom is 0.260 e. The van der Waals surface area contributed by atoms with Gasteiger partial charge in [-0.1, -0.05) is 29.8 Å². The Hall–Kier alpha value is -1.65. The third-order valence-electron chi connectivity index (χ3n) is 4.73. The van der Waals surface area contributed by atoms with Crippen LogP contribution in [0.3, 0.4) is 0 Å². The zero-order chi connectivity index (χ0) is 19.1. The monoisotopic (exact) mass is 403 g/mol. The third kappa shape index (κ3) is 6.18. The highest BCUT2D eigenvalue weighted by atomic mass is 35.5. The number of carbonyl (C=O) groups is 1. The number of rotatable bonds is 8. The first kappa shape index (κ1) is 20.1. The minimum atomic E-state index is -0.493. The molecule has 3 nitrogen and oxygen atoms in total. The number of fused-ring (bicyclic) bond motifs is 1.